The lowest BCUT2D eigenvalue weighted by Gasteiger charge is -2.30. The van der Waals surface area contributed by atoms with Crippen LogP contribution < -0.4 is 4.74 Å². The van der Waals surface area contributed by atoms with Crippen LogP contribution in [0, 0.1) is 17.0 Å². The number of hydrogen-bond donors (Lipinski definition) is 1. The molecule has 0 aliphatic carbocycles. The van der Waals surface area contributed by atoms with Crippen molar-refractivity contribution in [1.29, 1.82) is 0 Å². The van der Waals surface area contributed by atoms with E-state index in [4.69, 9.17) is 4.74 Å². The van der Waals surface area contributed by atoms with Gasteiger partial charge in [0, 0.05) is 25.2 Å². The predicted octanol–water partition coefficient (Wildman–Crippen LogP) is 2.70. The molecule has 25 heavy (non-hydrogen) atoms. The fourth-order valence-electron chi connectivity index (χ4n) is 3.23. The molecular formula is C19H22N2O4. The number of aliphatic hydroxyl groups is 1. The number of β-amino-alcohol motifs (C(OH)–C–C–N with tert-alkyl or cyclic N) is 1. The van der Waals surface area contributed by atoms with Crippen LogP contribution in [0.15, 0.2) is 42.5 Å². The number of rotatable bonds is 6. The first-order valence-corrected chi connectivity index (χ1v) is 8.38. The van der Waals surface area contributed by atoms with Gasteiger partial charge in [-0.15, -0.1) is 0 Å². The van der Waals surface area contributed by atoms with Gasteiger partial charge in [-0.3, -0.25) is 15.0 Å². The molecule has 1 atom stereocenters. The topological polar surface area (TPSA) is 75.8 Å². The first kappa shape index (κ1) is 17.4. The largest absolute Gasteiger partial charge is 0.484 e. The maximum atomic E-state index is 11.2. The first-order chi connectivity index (χ1) is 12.0. The van der Waals surface area contributed by atoms with Gasteiger partial charge in [0.15, 0.2) is 5.75 Å². The smallest absolute Gasteiger partial charge is 0.313 e. The Morgan fingerprint density at radius 1 is 1.24 bits per heavy atom. The molecule has 1 N–H and O–H groups in total. The summed E-state index contributed by atoms with van der Waals surface area (Å²) in [4.78, 5) is 12.9. The minimum Gasteiger partial charge on any atom is -0.484 e. The summed E-state index contributed by atoms with van der Waals surface area (Å²) in [7, 11) is 0. The van der Waals surface area contributed by atoms with Crippen LogP contribution in [-0.2, 0) is 13.0 Å². The number of para-hydroxylation sites is 1. The molecule has 2 aromatic rings. The molecule has 0 radical (unpaired) electrons. The third kappa shape index (κ3) is 4.15. The molecule has 1 aliphatic heterocycles. The van der Waals surface area contributed by atoms with Crippen LogP contribution in [0.1, 0.15) is 16.7 Å². The average Bonchev–Trinajstić information content (AvgIpc) is 2.59. The number of ether oxygens (including phenoxy) is 1. The Labute approximate surface area is 146 Å². The number of nitro groups is 1. The number of aryl methyl sites for hydroxylation is 1. The Bertz CT molecular complexity index is 763. The van der Waals surface area contributed by atoms with Gasteiger partial charge in [-0.2, -0.15) is 0 Å². The Morgan fingerprint density at radius 3 is 2.76 bits per heavy atom. The van der Waals surface area contributed by atoms with E-state index in [-0.39, 0.29) is 18.0 Å². The maximum absolute atomic E-state index is 11.2. The van der Waals surface area contributed by atoms with Gasteiger partial charge in [-0.25, -0.2) is 0 Å². The molecule has 0 fully saturated rings. The highest BCUT2D eigenvalue weighted by Gasteiger charge is 2.21. The lowest BCUT2D eigenvalue weighted by atomic mass is 10.00. The molecule has 1 aliphatic rings. The molecular weight excluding hydrogens is 320 g/mol. The molecule has 2 aromatic carbocycles. The second-order valence-electron chi connectivity index (χ2n) is 6.40. The van der Waals surface area contributed by atoms with E-state index in [9.17, 15) is 15.2 Å². The van der Waals surface area contributed by atoms with Crippen LogP contribution in [0.4, 0.5) is 5.69 Å². The number of hydrogen-bond acceptors (Lipinski definition) is 5. The van der Waals surface area contributed by atoms with Crippen LogP contribution in [0.25, 0.3) is 0 Å². The predicted molar refractivity (Wildman–Crippen MR) is 94.8 cm³/mol. The zero-order valence-corrected chi connectivity index (χ0v) is 14.2. The monoisotopic (exact) mass is 342 g/mol. The number of fused-ring (bicyclic) bond motifs is 1. The Morgan fingerprint density at radius 2 is 2.00 bits per heavy atom. The summed E-state index contributed by atoms with van der Waals surface area (Å²) in [5, 5.41) is 21.4. The van der Waals surface area contributed by atoms with Crippen molar-refractivity contribution in [2.75, 3.05) is 19.7 Å². The molecule has 132 valence electrons. The highest BCUT2D eigenvalue weighted by Crippen LogP contribution is 2.30. The van der Waals surface area contributed by atoms with E-state index in [0.29, 0.717) is 12.1 Å². The number of nitrogens with zero attached hydrogens (tertiary/aromatic N) is 2. The molecule has 0 aromatic heterocycles. The zero-order valence-electron chi connectivity index (χ0n) is 14.2. The zero-order chi connectivity index (χ0) is 17.8. The van der Waals surface area contributed by atoms with Crippen molar-refractivity contribution in [3.63, 3.8) is 0 Å². The summed E-state index contributed by atoms with van der Waals surface area (Å²) in [6.07, 6.45) is 0.262. The maximum Gasteiger partial charge on any atom is 0.313 e. The molecule has 3 rings (SSSR count). The summed E-state index contributed by atoms with van der Waals surface area (Å²) < 4.78 is 5.53. The summed E-state index contributed by atoms with van der Waals surface area (Å²) in [5.74, 6) is 0.202. The molecule has 0 bridgehead atoms. The van der Waals surface area contributed by atoms with Crippen molar-refractivity contribution < 1.29 is 14.8 Å². The summed E-state index contributed by atoms with van der Waals surface area (Å²) in [6, 6.07) is 13.3. The molecule has 0 amide bonds. The van der Waals surface area contributed by atoms with Crippen molar-refractivity contribution in [1.82, 2.24) is 4.90 Å². The van der Waals surface area contributed by atoms with Gasteiger partial charge in [0.05, 0.1) is 4.92 Å². The van der Waals surface area contributed by atoms with Crippen molar-refractivity contribution in [3.05, 3.63) is 69.3 Å². The molecule has 1 unspecified atom stereocenters. The standard InChI is InChI=1S/C19H22N2O4/c1-14-5-4-8-18(19(14)21(23)24)25-13-17(22)12-20-10-9-15-6-2-3-7-16(15)11-20/h2-8,17,22H,9-13H2,1H3. The first-order valence-electron chi connectivity index (χ1n) is 8.38. The van der Waals surface area contributed by atoms with E-state index in [1.807, 2.05) is 12.1 Å². The highest BCUT2D eigenvalue weighted by molar-refractivity contribution is 5.52. The van der Waals surface area contributed by atoms with Gasteiger partial charge >= 0.3 is 5.69 Å². The van der Waals surface area contributed by atoms with E-state index >= 15 is 0 Å². The van der Waals surface area contributed by atoms with Crippen LogP contribution in [-0.4, -0.2) is 40.7 Å². The van der Waals surface area contributed by atoms with Gasteiger partial charge in [0.25, 0.3) is 0 Å². The number of aliphatic hydroxyl groups excluding tert-OH is 1. The van der Waals surface area contributed by atoms with Crippen LogP contribution >= 0.6 is 0 Å². The molecule has 6 nitrogen and oxygen atoms in total. The van der Waals surface area contributed by atoms with E-state index in [1.165, 1.54) is 11.1 Å². The van der Waals surface area contributed by atoms with Crippen LogP contribution in [0.3, 0.4) is 0 Å². The third-order valence-corrected chi connectivity index (χ3v) is 4.49. The SMILES string of the molecule is Cc1cccc(OCC(O)CN2CCc3ccccc3C2)c1[N+](=O)[O-]. The van der Waals surface area contributed by atoms with Crippen LogP contribution in [0.5, 0.6) is 5.75 Å². The van der Waals surface area contributed by atoms with Crippen molar-refractivity contribution in [2.45, 2.75) is 26.0 Å². The van der Waals surface area contributed by atoms with Gasteiger partial charge in [-0.1, -0.05) is 36.4 Å². The second-order valence-corrected chi connectivity index (χ2v) is 6.40. The van der Waals surface area contributed by atoms with Gasteiger partial charge in [0.1, 0.15) is 12.7 Å². The summed E-state index contributed by atoms with van der Waals surface area (Å²) in [6.45, 7) is 3.87. The Hall–Kier alpha value is -2.44. The average molecular weight is 342 g/mol. The summed E-state index contributed by atoms with van der Waals surface area (Å²) in [5.41, 5.74) is 3.15. The minimum absolute atomic E-state index is 0.0302. The summed E-state index contributed by atoms with van der Waals surface area (Å²) >= 11 is 0. The fraction of sp³-hybridized carbons (Fsp3) is 0.368. The normalized spacial score (nSPS) is 15.4. The molecule has 0 saturated carbocycles. The fourth-order valence-corrected chi connectivity index (χ4v) is 3.23. The third-order valence-electron chi connectivity index (χ3n) is 4.49. The van der Waals surface area contributed by atoms with Crippen molar-refractivity contribution in [2.24, 2.45) is 0 Å². The Kier molecular flexibility index (Phi) is 5.31. The minimum atomic E-state index is -0.703. The molecule has 0 spiro atoms. The molecule has 1 heterocycles. The van der Waals surface area contributed by atoms with E-state index < -0.39 is 11.0 Å². The van der Waals surface area contributed by atoms with Gasteiger partial charge < -0.3 is 9.84 Å². The quantitative estimate of drug-likeness (QED) is 0.645. The number of nitro benzene ring substituents is 1. The lowest BCUT2D eigenvalue weighted by molar-refractivity contribution is -0.386. The lowest BCUT2D eigenvalue weighted by Crippen LogP contribution is -2.38. The molecule has 6 heteroatoms. The van der Waals surface area contributed by atoms with Gasteiger partial charge in [-0.05, 0) is 30.5 Å². The number of benzene rings is 2. The van der Waals surface area contributed by atoms with E-state index in [2.05, 4.69) is 17.0 Å². The van der Waals surface area contributed by atoms with E-state index in [1.54, 1.807) is 25.1 Å². The van der Waals surface area contributed by atoms with Crippen molar-refractivity contribution >= 4 is 5.69 Å². The molecule has 0 saturated heterocycles. The Balaban J connectivity index is 1.57. The highest BCUT2D eigenvalue weighted by atomic mass is 16.6. The second kappa shape index (κ2) is 7.63. The van der Waals surface area contributed by atoms with E-state index in [0.717, 1.165) is 19.5 Å². The van der Waals surface area contributed by atoms with Crippen LogP contribution in [0.2, 0.25) is 0 Å². The van der Waals surface area contributed by atoms with Crippen molar-refractivity contribution in [3.8, 4) is 5.75 Å². The van der Waals surface area contributed by atoms with Gasteiger partial charge in [0.2, 0.25) is 0 Å².